The summed E-state index contributed by atoms with van der Waals surface area (Å²) in [6, 6.07) is 3.26. The van der Waals surface area contributed by atoms with E-state index in [0.29, 0.717) is 25.6 Å². The van der Waals surface area contributed by atoms with E-state index in [4.69, 9.17) is 4.74 Å². The lowest BCUT2D eigenvalue weighted by molar-refractivity contribution is -0.387. The van der Waals surface area contributed by atoms with Gasteiger partial charge in [-0.3, -0.25) is 14.9 Å². The number of carbonyl (C=O) groups is 1. The van der Waals surface area contributed by atoms with Crippen molar-refractivity contribution < 1.29 is 18.8 Å². The first-order chi connectivity index (χ1) is 10.0. The Morgan fingerprint density at radius 2 is 2.14 bits per heavy atom. The van der Waals surface area contributed by atoms with Crippen molar-refractivity contribution in [1.82, 2.24) is 4.90 Å². The number of hydrogen-bond donors (Lipinski definition) is 0. The Morgan fingerprint density at radius 3 is 2.67 bits per heavy atom. The summed E-state index contributed by atoms with van der Waals surface area (Å²) in [4.78, 5) is 23.7. The predicted molar refractivity (Wildman–Crippen MR) is 73.6 cm³/mol. The molecular weight excluding hydrogens is 279 g/mol. The van der Waals surface area contributed by atoms with Crippen LogP contribution in [0.1, 0.15) is 23.2 Å². The van der Waals surface area contributed by atoms with Crippen LogP contribution in [0, 0.1) is 21.8 Å². The average Bonchev–Trinajstić information content (AvgIpc) is 2.47. The van der Waals surface area contributed by atoms with E-state index >= 15 is 0 Å². The van der Waals surface area contributed by atoms with Gasteiger partial charge in [-0.1, -0.05) is 0 Å². The van der Waals surface area contributed by atoms with Crippen LogP contribution in [0.25, 0.3) is 0 Å². The zero-order valence-corrected chi connectivity index (χ0v) is 11.8. The van der Waals surface area contributed by atoms with Gasteiger partial charge in [-0.25, -0.2) is 0 Å². The van der Waals surface area contributed by atoms with Gasteiger partial charge in [-0.05, 0) is 30.9 Å². The zero-order valence-electron chi connectivity index (χ0n) is 11.8. The maximum absolute atomic E-state index is 13.6. The summed E-state index contributed by atoms with van der Waals surface area (Å²) < 4.78 is 18.7. The summed E-state index contributed by atoms with van der Waals surface area (Å²) in [6.07, 6.45) is 1.68. The van der Waals surface area contributed by atoms with Crippen molar-refractivity contribution >= 4 is 11.6 Å². The highest BCUT2D eigenvalue weighted by Gasteiger charge is 2.25. The minimum atomic E-state index is -0.986. The van der Waals surface area contributed by atoms with E-state index in [1.807, 2.05) is 0 Å². The van der Waals surface area contributed by atoms with E-state index in [0.717, 1.165) is 25.0 Å². The van der Waals surface area contributed by atoms with Crippen LogP contribution in [0.4, 0.5) is 10.1 Å². The van der Waals surface area contributed by atoms with Crippen molar-refractivity contribution in [3.05, 3.63) is 39.7 Å². The van der Waals surface area contributed by atoms with Crippen LogP contribution in [0.5, 0.6) is 0 Å². The summed E-state index contributed by atoms with van der Waals surface area (Å²) in [6.45, 7) is 1.85. The Hall–Kier alpha value is -2.02. The second-order valence-electron chi connectivity index (χ2n) is 5.11. The lowest BCUT2D eigenvalue weighted by Gasteiger charge is -2.31. The Labute approximate surface area is 121 Å². The fourth-order valence-corrected chi connectivity index (χ4v) is 2.51. The molecule has 1 saturated heterocycles. The number of rotatable bonds is 4. The monoisotopic (exact) mass is 296 g/mol. The summed E-state index contributed by atoms with van der Waals surface area (Å²) in [5, 5.41) is 10.6. The number of likely N-dealkylation sites (tertiary alicyclic amines) is 1. The van der Waals surface area contributed by atoms with E-state index in [1.165, 1.54) is 6.07 Å². The Balaban J connectivity index is 2.04. The molecule has 0 aromatic heterocycles. The van der Waals surface area contributed by atoms with Gasteiger partial charge in [0.25, 0.3) is 5.91 Å². The SMILES string of the molecule is COCC1CCN(C(=O)c2ccc([N+](=O)[O-])c(F)c2)CC1. The molecule has 1 amide bonds. The van der Waals surface area contributed by atoms with E-state index < -0.39 is 16.4 Å². The van der Waals surface area contributed by atoms with Gasteiger partial charge in [0.1, 0.15) is 0 Å². The number of methoxy groups -OCH3 is 1. The van der Waals surface area contributed by atoms with E-state index in [-0.39, 0.29) is 11.5 Å². The Bertz CT molecular complexity index is 542. The third-order valence-electron chi connectivity index (χ3n) is 3.70. The molecule has 6 nitrogen and oxygen atoms in total. The number of benzene rings is 1. The molecule has 0 spiro atoms. The lowest BCUT2D eigenvalue weighted by Crippen LogP contribution is -2.39. The van der Waals surface area contributed by atoms with Gasteiger partial charge < -0.3 is 9.64 Å². The molecule has 0 bridgehead atoms. The smallest absolute Gasteiger partial charge is 0.304 e. The van der Waals surface area contributed by atoms with Gasteiger partial charge in [0.2, 0.25) is 5.82 Å². The molecule has 0 radical (unpaired) electrons. The average molecular weight is 296 g/mol. The molecule has 0 atom stereocenters. The maximum atomic E-state index is 13.6. The number of ether oxygens (including phenoxy) is 1. The number of nitrogens with zero attached hydrogens (tertiary/aromatic N) is 2. The molecule has 1 fully saturated rings. The molecule has 0 saturated carbocycles. The summed E-state index contributed by atoms with van der Waals surface area (Å²) in [7, 11) is 1.65. The maximum Gasteiger partial charge on any atom is 0.304 e. The molecule has 7 heteroatoms. The van der Waals surface area contributed by atoms with Gasteiger partial charge >= 0.3 is 5.69 Å². The fourth-order valence-electron chi connectivity index (χ4n) is 2.51. The first-order valence-corrected chi connectivity index (χ1v) is 6.75. The van der Waals surface area contributed by atoms with Crippen molar-refractivity contribution in [3.8, 4) is 0 Å². The van der Waals surface area contributed by atoms with Gasteiger partial charge in [-0.2, -0.15) is 4.39 Å². The van der Waals surface area contributed by atoms with Crippen LogP contribution in [0.15, 0.2) is 18.2 Å². The Kier molecular flexibility index (Phi) is 4.85. The van der Waals surface area contributed by atoms with Crippen LogP contribution in [0.3, 0.4) is 0 Å². The van der Waals surface area contributed by atoms with Crippen molar-refractivity contribution in [2.24, 2.45) is 5.92 Å². The van der Waals surface area contributed by atoms with Crippen LogP contribution in [0.2, 0.25) is 0 Å². The van der Waals surface area contributed by atoms with Crippen molar-refractivity contribution in [2.45, 2.75) is 12.8 Å². The molecule has 2 rings (SSSR count). The van der Waals surface area contributed by atoms with Gasteiger partial charge in [0.15, 0.2) is 0 Å². The van der Waals surface area contributed by atoms with Crippen molar-refractivity contribution in [1.29, 1.82) is 0 Å². The standard InChI is InChI=1S/C14H17FN2O4/c1-21-9-10-4-6-16(7-5-10)14(18)11-2-3-13(17(19)20)12(15)8-11/h2-3,8,10H,4-7,9H2,1H3. The summed E-state index contributed by atoms with van der Waals surface area (Å²) >= 11 is 0. The highest BCUT2D eigenvalue weighted by molar-refractivity contribution is 5.94. The lowest BCUT2D eigenvalue weighted by atomic mass is 9.97. The zero-order chi connectivity index (χ0) is 15.4. The molecule has 1 heterocycles. The molecule has 1 aliphatic heterocycles. The fraction of sp³-hybridized carbons (Fsp3) is 0.500. The number of amides is 1. The molecule has 1 aromatic carbocycles. The molecule has 0 N–H and O–H groups in total. The molecule has 21 heavy (non-hydrogen) atoms. The second kappa shape index (κ2) is 6.62. The molecule has 114 valence electrons. The predicted octanol–water partition coefficient (Wildman–Crippen LogP) is 2.23. The van der Waals surface area contributed by atoms with Crippen molar-refractivity contribution in [2.75, 3.05) is 26.8 Å². The normalized spacial score (nSPS) is 16.0. The highest BCUT2D eigenvalue weighted by Crippen LogP contribution is 2.22. The van der Waals surface area contributed by atoms with Crippen LogP contribution >= 0.6 is 0 Å². The molecule has 1 aromatic rings. The topological polar surface area (TPSA) is 72.7 Å². The highest BCUT2D eigenvalue weighted by atomic mass is 19.1. The molecular formula is C14H17FN2O4. The van der Waals surface area contributed by atoms with Gasteiger partial charge in [0, 0.05) is 38.4 Å². The summed E-state index contributed by atoms with van der Waals surface area (Å²) in [5.74, 6) is -0.840. The van der Waals surface area contributed by atoms with Crippen LogP contribution in [-0.2, 0) is 4.74 Å². The van der Waals surface area contributed by atoms with E-state index in [2.05, 4.69) is 0 Å². The number of nitro benzene ring substituents is 1. The number of piperidine rings is 1. The first kappa shape index (κ1) is 15.4. The van der Waals surface area contributed by atoms with Crippen LogP contribution in [-0.4, -0.2) is 42.5 Å². The molecule has 0 unspecified atom stereocenters. The third-order valence-corrected chi connectivity index (χ3v) is 3.70. The molecule has 1 aliphatic rings. The largest absolute Gasteiger partial charge is 0.384 e. The second-order valence-corrected chi connectivity index (χ2v) is 5.11. The number of hydrogen-bond acceptors (Lipinski definition) is 4. The van der Waals surface area contributed by atoms with Gasteiger partial charge in [-0.15, -0.1) is 0 Å². The Morgan fingerprint density at radius 1 is 1.48 bits per heavy atom. The first-order valence-electron chi connectivity index (χ1n) is 6.75. The molecule has 0 aliphatic carbocycles. The quantitative estimate of drug-likeness (QED) is 0.631. The number of carbonyl (C=O) groups excluding carboxylic acids is 1. The summed E-state index contributed by atoms with van der Waals surface area (Å²) in [5.41, 5.74) is -0.478. The van der Waals surface area contributed by atoms with Crippen LogP contribution < -0.4 is 0 Å². The third kappa shape index (κ3) is 3.55. The minimum absolute atomic E-state index is 0.142. The van der Waals surface area contributed by atoms with Gasteiger partial charge in [0.05, 0.1) is 4.92 Å². The van der Waals surface area contributed by atoms with E-state index in [9.17, 15) is 19.3 Å². The van der Waals surface area contributed by atoms with Crippen molar-refractivity contribution in [3.63, 3.8) is 0 Å². The van der Waals surface area contributed by atoms with E-state index in [1.54, 1.807) is 12.0 Å². The number of halogens is 1. The number of nitro groups is 1. The minimum Gasteiger partial charge on any atom is -0.384 e.